The molecule has 0 radical (unpaired) electrons. The molecule has 2 aromatic rings. The summed E-state index contributed by atoms with van der Waals surface area (Å²) in [5.41, 5.74) is 0.872. The topological polar surface area (TPSA) is 120 Å². The number of imide groups is 1. The summed E-state index contributed by atoms with van der Waals surface area (Å²) in [4.78, 5) is 66.0. The van der Waals surface area contributed by atoms with E-state index >= 15 is 0 Å². The molecule has 0 aliphatic carbocycles. The average molecular weight is 523 g/mol. The minimum atomic E-state index is -0.705. The van der Waals surface area contributed by atoms with Crippen LogP contribution in [0, 0.1) is 5.92 Å². The molecular weight excluding hydrogens is 492 g/mol. The van der Waals surface area contributed by atoms with E-state index in [0.29, 0.717) is 43.1 Å². The number of ketones is 1. The van der Waals surface area contributed by atoms with Gasteiger partial charge in [0.1, 0.15) is 5.75 Å². The third-order valence-electron chi connectivity index (χ3n) is 6.72. The van der Waals surface area contributed by atoms with Crippen molar-refractivity contribution < 1.29 is 38.2 Å². The lowest BCUT2D eigenvalue weighted by atomic mass is 9.96. The highest BCUT2D eigenvalue weighted by Gasteiger charge is 2.44. The Balaban J connectivity index is 1.36. The van der Waals surface area contributed by atoms with Crippen molar-refractivity contribution in [1.29, 1.82) is 0 Å². The number of ether oxygens (including phenoxy) is 3. The number of carbonyl (C=O) groups excluding carboxylic acids is 5. The Hall–Kier alpha value is -4.05. The number of methoxy groups -OCH3 is 1. The van der Waals surface area contributed by atoms with Crippen molar-refractivity contribution in [2.24, 2.45) is 5.92 Å². The third kappa shape index (κ3) is 5.91. The van der Waals surface area contributed by atoms with Crippen LogP contribution in [0.5, 0.6) is 5.75 Å². The number of likely N-dealkylation sites (tertiary alicyclic amines) is 1. The maximum Gasteiger partial charge on any atom is 0.338 e. The van der Waals surface area contributed by atoms with E-state index < -0.39 is 18.6 Å². The second kappa shape index (κ2) is 12.0. The van der Waals surface area contributed by atoms with Gasteiger partial charge in [-0.25, -0.2) is 9.69 Å². The molecule has 0 saturated carbocycles. The van der Waals surface area contributed by atoms with Crippen LogP contribution < -0.4 is 9.64 Å². The molecule has 2 unspecified atom stereocenters. The number of nitrogens with zero attached hydrogens (tertiary/aromatic N) is 2. The summed E-state index contributed by atoms with van der Waals surface area (Å²) in [7, 11) is 1.49. The molecule has 10 nitrogen and oxygen atoms in total. The first kappa shape index (κ1) is 27.0. The van der Waals surface area contributed by atoms with E-state index in [-0.39, 0.29) is 41.5 Å². The Bertz CT molecular complexity index is 1230. The minimum absolute atomic E-state index is 0.0184. The number of benzene rings is 2. The van der Waals surface area contributed by atoms with E-state index in [4.69, 9.17) is 14.2 Å². The van der Waals surface area contributed by atoms with E-state index in [9.17, 15) is 24.0 Å². The van der Waals surface area contributed by atoms with Crippen molar-refractivity contribution in [3.63, 3.8) is 0 Å². The summed E-state index contributed by atoms with van der Waals surface area (Å²) in [6.45, 7) is 2.60. The Morgan fingerprint density at radius 3 is 2.47 bits per heavy atom. The molecule has 2 saturated heterocycles. The lowest BCUT2D eigenvalue weighted by Crippen LogP contribution is -2.48. The fourth-order valence-electron chi connectivity index (χ4n) is 4.76. The smallest absolute Gasteiger partial charge is 0.338 e. The summed E-state index contributed by atoms with van der Waals surface area (Å²) in [5, 5.41) is 0. The zero-order chi connectivity index (χ0) is 27.2. The molecule has 2 aliphatic rings. The molecule has 2 aliphatic heterocycles. The third-order valence-corrected chi connectivity index (χ3v) is 6.72. The fraction of sp³-hybridized carbons (Fsp3) is 0.393. The molecule has 38 heavy (non-hydrogen) atoms. The van der Waals surface area contributed by atoms with Gasteiger partial charge in [0, 0.05) is 12.1 Å². The number of Topliss-reactive ketones (excluding diaryl/α,β-unsaturated/α-hetero) is 1. The van der Waals surface area contributed by atoms with Gasteiger partial charge in [-0.2, -0.15) is 0 Å². The van der Waals surface area contributed by atoms with Crippen molar-refractivity contribution in [2.45, 2.75) is 32.2 Å². The second-order valence-electron chi connectivity index (χ2n) is 9.15. The summed E-state index contributed by atoms with van der Waals surface area (Å²) < 4.78 is 15.4. The molecule has 4 rings (SSSR count). The SMILES string of the molecule is CCOC(=O)C1CCCN(C2CC(=O)N(c3ccc(C(=O)OCC(=O)c4cccc(OC)c4)cc3)C2=O)C1. The van der Waals surface area contributed by atoms with E-state index in [1.165, 1.54) is 31.4 Å². The number of anilines is 1. The lowest BCUT2D eigenvalue weighted by molar-refractivity contribution is -0.150. The molecule has 2 heterocycles. The van der Waals surface area contributed by atoms with Crippen LogP contribution in [0.3, 0.4) is 0 Å². The maximum atomic E-state index is 13.2. The molecule has 200 valence electrons. The molecule has 0 spiro atoms. The molecule has 2 atom stereocenters. The number of hydrogen-bond donors (Lipinski definition) is 0. The van der Waals surface area contributed by atoms with Crippen LogP contribution in [0.15, 0.2) is 48.5 Å². The Morgan fingerprint density at radius 1 is 1.00 bits per heavy atom. The van der Waals surface area contributed by atoms with Gasteiger partial charge < -0.3 is 14.2 Å². The predicted octanol–water partition coefficient (Wildman–Crippen LogP) is 2.64. The summed E-state index contributed by atoms with van der Waals surface area (Å²) in [6.07, 6.45) is 1.44. The zero-order valence-electron chi connectivity index (χ0n) is 21.4. The Kier molecular flexibility index (Phi) is 8.52. The number of esters is 2. The van der Waals surface area contributed by atoms with Crippen LogP contribution in [0.1, 0.15) is 46.9 Å². The second-order valence-corrected chi connectivity index (χ2v) is 9.15. The lowest BCUT2D eigenvalue weighted by Gasteiger charge is -2.34. The number of amides is 2. The van der Waals surface area contributed by atoms with Crippen LogP contribution in [-0.4, -0.2) is 73.9 Å². The molecular formula is C28H30N2O8. The van der Waals surface area contributed by atoms with Gasteiger partial charge in [-0.05, 0) is 62.7 Å². The number of rotatable bonds is 9. The van der Waals surface area contributed by atoms with Crippen LogP contribution >= 0.6 is 0 Å². The first-order chi connectivity index (χ1) is 18.3. The highest BCUT2D eigenvalue weighted by atomic mass is 16.5. The fourth-order valence-corrected chi connectivity index (χ4v) is 4.76. The maximum absolute atomic E-state index is 13.2. The highest BCUT2D eigenvalue weighted by molar-refractivity contribution is 6.22. The Morgan fingerprint density at radius 2 is 1.76 bits per heavy atom. The Labute approximate surface area is 220 Å². The van der Waals surface area contributed by atoms with Crippen molar-refractivity contribution in [1.82, 2.24) is 4.90 Å². The molecule has 0 bridgehead atoms. The summed E-state index contributed by atoms with van der Waals surface area (Å²) in [5.74, 6) is -1.87. The monoisotopic (exact) mass is 522 g/mol. The zero-order valence-corrected chi connectivity index (χ0v) is 21.4. The van der Waals surface area contributed by atoms with E-state index in [1.54, 1.807) is 31.2 Å². The molecule has 10 heteroatoms. The van der Waals surface area contributed by atoms with Crippen LogP contribution in [0.25, 0.3) is 0 Å². The van der Waals surface area contributed by atoms with E-state index in [2.05, 4.69) is 0 Å². The highest BCUT2D eigenvalue weighted by Crippen LogP contribution is 2.29. The van der Waals surface area contributed by atoms with E-state index in [0.717, 1.165) is 11.3 Å². The van der Waals surface area contributed by atoms with Crippen molar-refractivity contribution in [3.05, 3.63) is 59.7 Å². The van der Waals surface area contributed by atoms with Crippen molar-refractivity contribution in [2.75, 3.05) is 38.3 Å². The molecule has 0 N–H and O–H groups in total. The average Bonchev–Trinajstić information content (AvgIpc) is 3.25. The van der Waals surface area contributed by atoms with Gasteiger partial charge in [0.2, 0.25) is 5.91 Å². The first-order valence-electron chi connectivity index (χ1n) is 12.5. The van der Waals surface area contributed by atoms with Gasteiger partial charge in [0.05, 0.1) is 43.3 Å². The van der Waals surface area contributed by atoms with Gasteiger partial charge in [0.25, 0.3) is 5.91 Å². The standard InChI is InChI=1S/C28H30N2O8/c1-3-37-28(35)20-7-5-13-29(16-20)23-15-25(32)30(26(23)33)21-11-9-18(10-12-21)27(34)38-17-24(31)19-6-4-8-22(14-19)36-2/h4,6,8-12,14,20,23H,3,5,7,13,15-17H2,1-2H3. The van der Waals surface area contributed by atoms with E-state index in [1.807, 2.05) is 4.90 Å². The number of carbonyl (C=O) groups is 5. The largest absolute Gasteiger partial charge is 0.497 e. The minimum Gasteiger partial charge on any atom is -0.497 e. The molecule has 2 amide bonds. The van der Waals surface area contributed by atoms with Crippen LogP contribution in [0.2, 0.25) is 0 Å². The number of hydrogen-bond acceptors (Lipinski definition) is 9. The van der Waals surface area contributed by atoms with Crippen molar-refractivity contribution >= 4 is 35.2 Å². The van der Waals surface area contributed by atoms with Crippen molar-refractivity contribution in [3.8, 4) is 5.75 Å². The molecule has 2 fully saturated rings. The number of piperidine rings is 1. The normalized spacial score (nSPS) is 19.8. The van der Waals surface area contributed by atoms with Gasteiger partial charge in [-0.3, -0.25) is 24.1 Å². The quantitative estimate of drug-likeness (QED) is 0.278. The first-order valence-corrected chi connectivity index (χ1v) is 12.5. The summed E-state index contributed by atoms with van der Waals surface area (Å²) >= 11 is 0. The van der Waals surface area contributed by atoms with Crippen LogP contribution in [0.4, 0.5) is 5.69 Å². The van der Waals surface area contributed by atoms with Gasteiger partial charge >= 0.3 is 11.9 Å². The van der Waals surface area contributed by atoms with Gasteiger partial charge in [-0.15, -0.1) is 0 Å². The van der Waals surface area contributed by atoms with Crippen LogP contribution in [-0.2, 0) is 23.9 Å². The predicted molar refractivity (Wildman–Crippen MR) is 136 cm³/mol. The molecule has 2 aromatic carbocycles. The molecule has 0 aromatic heterocycles. The van der Waals surface area contributed by atoms with Gasteiger partial charge in [0.15, 0.2) is 12.4 Å². The summed E-state index contributed by atoms with van der Waals surface area (Å²) in [6, 6.07) is 11.8. The van der Waals surface area contributed by atoms with Gasteiger partial charge in [-0.1, -0.05) is 12.1 Å².